The Bertz CT molecular complexity index is 883. The number of rotatable bonds is 1. The molecule has 4 nitrogen and oxygen atoms in total. The number of halogens is 3. The standard InChI is InChI=1S/C15H8Br3NO3/c16-10-9(11(17)15(21)12(18)14(10)20)13-8-4-2-1-3-7(8)5-6-19(13)22/h1-6,20-21H. The van der Waals surface area contributed by atoms with Gasteiger partial charge in [0.1, 0.15) is 16.0 Å². The third kappa shape index (κ3) is 2.28. The van der Waals surface area contributed by atoms with Crippen molar-refractivity contribution in [3.8, 4) is 22.8 Å². The minimum Gasteiger partial charge on any atom is -0.618 e. The summed E-state index contributed by atoms with van der Waals surface area (Å²) in [6.07, 6.45) is 1.40. The van der Waals surface area contributed by atoms with Crippen LogP contribution in [-0.2, 0) is 0 Å². The first-order valence-electron chi connectivity index (χ1n) is 6.13. The molecule has 7 heteroatoms. The average molecular weight is 490 g/mol. The van der Waals surface area contributed by atoms with E-state index in [0.717, 1.165) is 5.39 Å². The van der Waals surface area contributed by atoms with Crippen LogP contribution in [0.15, 0.2) is 49.9 Å². The molecule has 0 aliphatic rings. The largest absolute Gasteiger partial charge is 0.618 e. The van der Waals surface area contributed by atoms with E-state index in [0.29, 0.717) is 30.3 Å². The van der Waals surface area contributed by atoms with Crippen molar-refractivity contribution in [3.05, 3.63) is 55.2 Å². The van der Waals surface area contributed by atoms with E-state index >= 15 is 0 Å². The maximum Gasteiger partial charge on any atom is 0.234 e. The minimum atomic E-state index is -0.177. The van der Waals surface area contributed by atoms with Gasteiger partial charge in [-0.05, 0) is 59.2 Å². The van der Waals surface area contributed by atoms with Crippen LogP contribution in [0, 0.1) is 5.21 Å². The van der Waals surface area contributed by atoms with Crippen LogP contribution in [0.4, 0.5) is 0 Å². The lowest BCUT2D eigenvalue weighted by Gasteiger charge is -2.14. The smallest absolute Gasteiger partial charge is 0.234 e. The van der Waals surface area contributed by atoms with E-state index in [1.165, 1.54) is 6.20 Å². The minimum absolute atomic E-state index is 0.146. The molecule has 2 N–H and O–H groups in total. The fourth-order valence-corrected chi connectivity index (χ4v) is 4.65. The number of phenolic OH excluding ortho intramolecular Hbond substituents is 2. The lowest BCUT2D eigenvalue weighted by Crippen LogP contribution is -2.28. The molecule has 2 aromatic carbocycles. The topological polar surface area (TPSA) is 67.4 Å². The number of aromatic hydroxyl groups is 2. The number of pyridine rings is 1. The Labute approximate surface area is 151 Å². The van der Waals surface area contributed by atoms with Crippen molar-refractivity contribution in [2.45, 2.75) is 0 Å². The molecule has 0 radical (unpaired) electrons. The fourth-order valence-electron chi connectivity index (χ4n) is 2.29. The second kappa shape index (κ2) is 5.72. The van der Waals surface area contributed by atoms with Gasteiger partial charge in [-0.2, -0.15) is 4.73 Å². The maximum absolute atomic E-state index is 12.3. The highest BCUT2D eigenvalue weighted by molar-refractivity contribution is 9.12. The normalized spacial score (nSPS) is 11.0. The molecular weight excluding hydrogens is 482 g/mol. The molecule has 0 spiro atoms. The highest BCUT2D eigenvalue weighted by Crippen LogP contribution is 2.50. The van der Waals surface area contributed by atoms with E-state index in [-0.39, 0.29) is 16.0 Å². The van der Waals surface area contributed by atoms with E-state index in [1.807, 2.05) is 24.3 Å². The molecule has 1 heterocycles. The molecule has 0 aliphatic carbocycles. The summed E-state index contributed by atoms with van der Waals surface area (Å²) >= 11 is 9.71. The van der Waals surface area contributed by atoms with Gasteiger partial charge in [-0.15, -0.1) is 0 Å². The van der Waals surface area contributed by atoms with Crippen LogP contribution >= 0.6 is 47.8 Å². The van der Waals surface area contributed by atoms with Gasteiger partial charge in [0.25, 0.3) is 0 Å². The monoisotopic (exact) mass is 487 g/mol. The first-order chi connectivity index (χ1) is 10.4. The lowest BCUT2D eigenvalue weighted by atomic mass is 10.0. The van der Waals surface area contributed by atoms with Gasteiger partial charge < -0.3 is 15.4 Å². The Balaban J connectivity index is 2.51. The van der Waals surface area contributed by atoms with Crippen LogP contribution in [-0.4, -0.2) is 10.2 Å². The van der Waals surface area contributed by atoms with Crippen LogP contribution < -0.4 is 4.73 Å². The molecular formula is C15H8Br3NO3. The highest BCUT2D eigenvalue weighted by Gasteiger charge is 2.27. The summed E-state index contributed by atoms with van der Waals surface area (Å²) < 4.78 is 1.47. The third-order valence-corrected chi connectivity index (χ3v) is 5.63. The van der Waals surface area contributed by atoms with Crippen molar-refractivity contribution in [1.82, 2.24) is 0 Å². The summed E-state index contributed by atoms with van der Waals surface area (Å²) in [5.74, 6) is -0.354. The molecule has 1 aromatic heterocycles. The van der Waals surface area contributed by atoms with Gasteiger partial charge in [-0.25, -0.2) is 0 Å². The molecule has 0 unspecified atom stereocenters. The summed E-state index contributed by atoms with van der Waals surface area (Å²) in [7, 11) is 0. The van der Waals surface area contributed by atoms with Crippen molar-refractivity contribution < 1.29 is 14.9 Å². The number of fused-ring (bicyclic) bond motifs is 1. The Kier molecular flexibility index (Phi) is 4.05. The van der Waals surface area contributed by atoms with Crippen LogP contribution in [0.3, 0.4) is 0 Å². The molecule has 0 amide bonds. The summed E-state index contributed by atoms with van der Waals surface area (Å²) in [5, 5.41) is 34.2. The van der Waals surface area contributed by atoms with Gasteiger partial charge in [-0.3, -0.25) is 0 Å². The fraction of sp³-hybridized carbons (Fsp3) is 0. The first kappa shape index (κ1) is 15.6. The predicted octanol–water partition coefficient (Wildman–Crippen LogP) is 4.84. The second-order valence-corrected chi connectivity index (χ2v) is 6.97. The molecule has 112 valence electrons. The van der Waals surface area contributed by atoms with E-state index in [2.05, 4.69) is 47.8 Å². The number of nitrogens with zero attached hydrogens (tertiary/aromatic N) is 1. The van der Waals surface area contributed by atoms with Gasteiger partial charge in [0.15, 0.2) is 6.20 Å². The van der Waals surface area contributed by atoms with Crippen LogP contribution in [0.25, 0.3) is 22.0 Å². The number of hydrogen-bond acceptors (Lipinski definition) is 3. The summed E-state index contributed by atoms with van der Waals surface area (Å²) in [6.45, 7) is 0. The van der Waals surface area contributed by atoms with Gasteiger partial charge in [0.2, 0.25) is 5.69 Å². The average Bonchev–Trinajstić information content (AvgIpc) is 2.53. The molecule has 0 saturated carbocycles. The summed E-state index contributed by atoms with van der Waals surface area (Å²) in [4.78, 5) is 0. The summed E-state index contributed by atoms with van der Waals surface area (Å²) in [6, 6.07) is 9.12. The number of aromatic nitrogens is 1. The molecule has 3 aromatic rings. The lowest BCUT2D eigenvalue weighted by molar-refractivity contribution is -0.592. The molecule has 0 fully saturated rings. The molecule has 0 atom stereocenters. The van der Waals surface area contributed by atoms with Gasteiger partial charge in [0.05, 0.1) is 19.9 Å². The van der Waals surface area contributed by atoms with Crippen molar-refractivity contribution in [3.63, 3.8) is 0 Å². The Morgan fingerprint density at radius 1 is 0.864 bits per heavy atom. The molecule has 22 heavy (non-hydrogen) atoms. The molecule has 0 aliphatic heterocycles. The van der Waals surface area contributed by atoms with E-state index in [9.17, 15) is 15.4 Å². The van der Waals surface area contributed by atoms with E-state index < -0.39 is 0 Å². The zero-order chi connectivity index (χ0) is 16.0. The van der Waals surface area contributed by atoms with Crippen molar-refractivity contribution in [1.29, 1.82) is 0 Å². The zero-order valence-corrected chi connectivity index (χ0v) is 15.6. The molecule has 0 bridgehead atoms. The molecule has 3 rings (SSSR count). The van der Waals surface area contributed by atoms with Gasteiger partial charge in [0, 0.05) is 6.07 Å². The second-order valence-electron chi connectivity index (χ2n) is 4.59. The van der Waals surface area contributed by atoms with Crippen molar-refractivity contribution in [2.75, 3.05) is 0 Å². The van der Waals surface area contributed by atoms with Crippen LogP contribution in [0.5, 0.6) is 11.5 Å². The maximum atomic E-state index is 12.3. The summed E-state index contributed by atoms with van der Waals surface area (Å²) in [5.41, 5.74) is 0.708. The van der Waals surface area contributed by atoms with Crippen LogP contribution in [0.1, 0.15) is 0 Å². The first-order valence-corrected chi connectivity index (χ1v) is 8.51. The third-order valence-electron chi connectivity index (χ3n) is 3.33. The Hall–Kier alpha value is -1.31. The van der Waals surface area contributed by atoms with Crippen LogP contribution in [0.2, 0.25) is 0 Å². The Morgan fingerprint density at radius 3 is 2.09 bits per heavy atom. The van der Waals surface area contributed by atoms with Crippen molar-refractivity contribution >= 4 is 58.6 Å². The SMILES string of the molecule is [O-][n+]1ccc2ccccc2c1-c1c(Br)c(O)c(Br)c(O)c1Br. The van der Waals surface area contributed by atoms with E-state index in [4.69, 9.17) is 0 Å². The quantitative estimate of drug-likeness (QED) is 0.380. The highest BCUT2D eigenvalue weighted by atomic mass is 79.9. The van der Waals surface area contributed by atoms with Gasteiger partial charge >= 0.3 is 0 Å². The number of benzene rings is 2. The van der Waals surface area contributed by atoms with Crippen molar-refractivity contribution in [2.24, 2.45) is 0 Å². The number of phenols is 2. The van der Waals surface area contributed by atoms with Gasteiger partial charge in [-0.1, -0.05) is 18.2 Å². The zero-order valence-electron chi connectivity index (χ0n) is 10.8. The Morgan fingerprint density at radius 2 is 1.45 bits per heavy atom. The molecule has 0 saturated heterocycles. The number of hydrogen-bond donors (Lipinski definition) is 2. The van der Waals surface area contributed by atoms with E-state index in [1.54, 1.807) is 6.07 Å². The predicted molar refractivity (Wildman–Crippen MR) is 94.8 cm³/mol.